The number of benzene rings is 1. The lowest BCUT2D eigenvalue weighted by atomic mass is 9.91. The van der Waals surface area contributed by atoms with E-state index in [0.29, 0.717) is 11.4 Å². The molecule has 112 valence electrons. The third kappa shape index (κ3) is 2.94. The van der Waals surface area contributed by atoms with Gasteiger partial charge < -0.3 is 10.3 Å². The van der Waals surface area contributed by atoms with Gasteiger partial charge in [-0.25, -0.2) is 4.39 Å². The Hall–Kier alpha value is -1.46. The summed E-state index contributed by atoms with van der Waals surface area (Å²) in [5.74, 6) is 0.395. The summed E-state index contributed by atoms with van der Waals surface area (Å²) in [6, 6.07) is 4.07. The first-order chi connectivity index (χ1) is 10.1. The van der Waals surface area contributed by atoms with Gasteiger partial charge in [-0.15, -0.1) is 0 Å². The number of nitrogens with zero attached hydrogens (tertiary/aromatic N) is 2. The van der Waals surface area contributed by atoms with E-state index in [1.165, 1.54) is 31.0 Å². The third-order valence-corrected chi connectivity index (χ3v) is 4.34. The molecule has 3 rings (SSSR count). The molecule has 1 fully saturated rings. The van der Waals surface area contributed by atoms with Gasteiger partial charge in [-0.3, -0.25) is 0 Å². The number of rotatable bonds is 2. The molecule has 2 N–H and O–H groups in total. The average molecular weight is 310 g/mol. The summed E-state index contributed by atoms with van der Waals surface area (Å²) in [6.07, 6.45) is 6.21. The van der Waals surface area contributed by atoms with Gasteiger partial charge in [0.1, 0.15) is 5.82 Å². The van der Waals surface area contributed by atoms with Gasteiger partial charge in [0, 0.05) is 0 Å². The Kier molecular flexibility index (Phi) is 3.95. The van der Waals surface area contributed by atoms with Crippen molar-refractivity contribution in [3.8, 4) is 11.5 Å². The second kappa shape index (κ2) is 5.73. The lowest BCUT2D eigenvalue weighted by molar-refractivity contribution is 0.334. The molecule has 4 nitrogen and oxygen atoms in total. The lowest BCUT2D eigenvalue weighted by Gasteiger charge is -2.23. The molecule has 0 aliphatic heterocycles. The van der Waals surface area contributed by atoms with Gasteiger partial charge >= 0.3 is 0 Å². The summed E-state index contributed by atoms with van der Waals surface area (Å²) in [5, 5.41) is 4.28. The molecule has 1 aliphatic carbocycles. The molecule has 0 bridgehead atoms. The first-order valence-electron chi connectivity index (χ1n) is 7.17. The van der Waals surface area contributed by atoms with Crippen molar-refractivity contribution in [3.63, 3.8) is 0 Å². The highest BCUT2D eigenvalue weighted by molar-refractivity contribution is 6.33. The molecule has 0 atom stereocenters. The standard InChI is InChI=1S/C15H17ClFN3O/c16-12-9-10(17)5-6-11(12)13-19-14(20-21-13)15(18)7-3-1-2-4-8-15/h5-6,9H,1-4,7-8,18H2. The van der Waals surface area contributed by atoms with Crippen LogP contribution in [0.2, 0.25) is 5.02 Å². The Morgan fingerprint density at radius 1 is 1.19 bits per heavy atom. The van der Waals surface area contributed by atoms with E-state index < -0.39 is 11.4 Å². The number of halogens is 2. The predicted octanol–water partition coefficient (Wildman–Crippen LogP) is 4.04. The minimum Gasteiger partial charge on any atom is -0.334 e. The van der Waals surface area contributed by atoms with Gasteiger partial charge in [0.05, 0.1) is 16.1 Å². The quantitative estimate of drug-likeness (QED) is 0.850. The lowest BCUT2D eigenvalue weighted by Crippen LogP contribution is -2.37. The summed E-state index contributed by atoms with van der Waals surface area (Å²) < 4.78 is 18.4. The second-order valence-electron chi connectivity index (χ2n) is 5.62. The summed E-state index contributed by atoms with van der Waals surface area (Å²) in [4.78, 5) is 4.40. The third-order valence-electron chi connectivity index (χ3n) is 4.03. The molecular formula is C15H17ClFN3O. The monoisotopic (exact) mass is 309 g/mol. The van der Waals surface area contributed by atoms with Crippen LogP contribution in [0.4, 0.5) is 4.39 Å². The Balaban J connectivity index is 1.92. The van der Waals surface area contributed by atoms with Gasteiger partial charge in [0.25, 0.3) is 5.89 Å². The highest BCUT2D eigenvalue weighted by atomic mass is 35.5. The van der Waals surface area contributed by atoms with Crippen LogP contribution in [-0.4, -0.2) is 10.1 Å². The SMILES string of the molecule is NC1(c2noc(-c3ccc(F)cc3Cl)n2)CCCCCC1. The molecule has 1 aliphatic rings. The van der Waals surface area contributed by atoms with Crippen LogP contribution >= 0.6 is 11.6 Å². The first-order valence-corrected chi connectivity index (χ1v) is 7.55. The zero-order valence-corrected chi connectivity index (χ0v) is 12.4. The number of hydrogen-bond donors (Lipinski definition) is 1. The van der Waals surface area contributed by atoms with E-state index in [4.69, 9.17) is 21.9 Å². The van der Waals surface area contributed by atoms with Crippen LogP contribution in [0.15, 0.2) is 22.7 Å². The first kappa shape index (κ1) is 14.5. The van der Waals surface area contributed by atoms with Crippen molar-refractivity contribution in [2.75, 3.05) is 0 Å². The molecule has 1 aromatic heterocycles. The molecule has 0 amide bonds. The summed E-state index contributed by atoms with van der Waals surface area (Å²) in [6.45, 7) is 0. The highest BCUT2D eigenvalue weighted by Gasteiger charge is 2.33. The van der Waals surface area contributed by atoms with Crippen molar-refractivity contribution in [2.24, 2.45) is 5.73 Å². The minimum absolute atomic E-state index is 0.247. The maximum atomic E-state index is 13.1. The van der Waals surface area contributed by atoms with Crippen molar-refractivity contribution in [2.45, 2.75) is 44.1 Å². The Labute approximate surface area is 127 Å². The van der Waals surface area contributed by atoms with Crippen LogP contribution in [0.1, 0.15) is 44.3 Å². The summed E-state index contributed by atoms with van der Waals surface area (Å²) in [7, 11) is 0. The largest absolute Gasteiger partial charge is 0.334 e. The Bertz CT molecular complexity index is 636. The summed E-state index contributed by atoms with van der Waals surface area (Å²) >= 11 is 6.02. The van der Waals surface area contributed by atoms with Crippen LogP contribution in [0.5, 0.6) is 0 Å². The minimum atomic E-state index is -0.537. The van der Waals surface area contributed by atoms with E-state index in [1.54, 1.807) is 0 Å². The molecule has 1 heterocycles. The van der Waals surface area contributed by atoms with E-state index in [1.807, 2.05) is 0 Å². The van der Waals surface area contributed by atoms with Crippen LogP contribution in [0.25, 0.3) is 11.5 Å². The van der Waals surface area contributed by atoms with Crippen LogP contribution in [-0.2, 0) is 5.54 Å². The molecule has 0 spiro atoms. The Morgan fingerprint density at radius 2 is 1.90 bits per heavy atom. The molecule has 0 radical (unpaired) electrons. The second-order valence-corrected chi connectivity index (χ2v) is 6.02. The van der Waals surface area contributed by atoms with Crippen LogP contribution < -0.4 is 5.73 Å². The van der Waals surface area contributed by atoms with Gasteiger partial charge in [-0.2, -0.15) is 4.98 Å². The molecule has 0 unspecified atom stereocenters. The van der Waals surface area contributed by atoms with Crippen LogP contribution in [0, 0.1) is 5.82 Å². The van der Waals surface area contributed by atoms with Crippen molar-refractivity contribution in [1.82, 2.24) is 10.1 Å². The molecule has 2 aromatic rings. The fourth-order valence-corrected chi connectivity index (χ4v) is 3.03. The molecule has 1 saturated carbocycles. The van der Waals surface area contributed by atoms with Gasteiger partial charge in [0.15, 0.2) is 5.82 Å². The van der Waals surface area contributed by atoms with Crippen molar-refractivity contribution < 1.29 is 8.91 Å². The molecule has 0 saturated heterocycles. The fraction of sp³-hybridized carbons (Fsp3) is 0.467. The highest BCUT2D eigenvalue weighted by Crippen LogP contribution is 2.34. The van der Waals surface area contributed by atoms with Gasteiger partial charge in [-0.1, -0.05) is 42.4 Å². The van der Waals surface area contributed by atoms with E-state index >= 15 is 0 Å². The predicted molar refractivity (Wildman–Crippen MR) is 78.3 cm³/mol. The van der Waals surface area contributed by atoms with Crippen LogP contribution in [0.3, 0.4) is 0 Å². The van der Waals surface area contributed by atoms with Crippen molar-refractivity contribution >= 4 is 11.6 Å². The zero-order valence-electron chi connectivity index (χ0n) is 11.6. The van der Waals surface area contributed by atoms with Crippen molar-refractivity contribution in [3.05, 3.63) is 34.9 Å². The maximum Gasteiger partial charge on any atom is 0.259 e. The van der Waals surface area contributed by atoms with Gasteiger partial charge in [-0.05, 0) is 31.0 Å². The number of nitrogens with two attached hydrogens (primary N) is 1. The normalized spacial score (nSPS) is 18.4. The Morgan fingerprint density at radius 3 is 2.57 bits per heavy atom. The topological polar surface area (TPSA) is 64.9 Å². The maximum absolute atomic E-state index is 13.1. The smallest absolute Gasteiger partial charge is 0.259 e. The molecular weight excluding hydrogens is 293 g/mol. The average Bonchev–Trinajstić information content (AvgIpc) is 2.83. The zero-order chi connectivity index (χ0) is 14.9. The van der Waals surface area contributed by atoms with Gasteiger partial charge in [0.2, 0.25) is 0 Å². The van der Waals surface area contributed by atoms with Crippen molar-refractivity contribution in [1.29, 1.82) is 0 Å². The van der Waals surface area contributed by atoms with E-state index in [9.17, 15) is 4.39 Å². The molecule has 6 heteroatoms. The molecule has 1 aromatic carbocycles. The fourth-order valence-electron chi connectivity index (χ4n) is 2.78. The number of hydrogen-bond acceptors (Lipinski definition) is 4. The van der Waals surface area contributed by atoms with E-state index in [0.717, 1.165) is 25.7 Å². The summed E-state index contributed by atoms with van der Waals surface area (Å²) in [5.41, 5.74) is 6.44. The number of aromatic nitrogens is 2. The molecule has 21 heavy (non-hydrogen) atoms. The van der Waals surface area contributed by atoms with E-state index in [-0.39, 0.29) is 10.9 Å². The van der Waals surface area contributed by atoms with E-state index in [2.05, 4.69) is 10.1 Å².